The van der Waals surface area contributed by atoms with Crippen molar-refractivity contribution in [3.05, 3.63) is 29.2 Å². The Morgan fingerprint density at radius 3 is 2.71 bits per heavy atom. The maximum absolute atomic E-state index is 13.7. The van der Waals surface area contributed by atoms with Gasteiger partial charge in [0.15, 0.2) is 5.58 Å². The van der Waals surface area contributed by atoms with Gasteiger partial charge in [-0.15, -0.1) is 0 Å². The molecule has 1 aromatic carbocycles. The zero-order chi connectivity index (χ0) is 20.3. The lowest BCUT2D eigenvalue weighted by Crippen LogP contribution is -2.42. The third kappa shape index (κ3) is 4.53. The van der Waals surface area contributed by atoms with E-state index in [1.807, 2.05) is 6.92 Å². The zero-order valence-corrected chi connectivity index (χ0v) is 17.2. The number of piperidine rings is 1. The van der Waals surface area contributed by atoms with E-state index in [4.69, 9.17) is 9.63 Å². The maximum atomic E-state index is 13.7. The molecule has 0 saturated carbocycles. The van der Waals surface area contributed by atoms with Gasteiger partial charge in [-0.25, -0.2) is 17.1 Å². The highest BCUT2D eigenvalue weighted by Crippen LogP contribution is 2.33. The van der Waals surface area contributed by atoms with Gasteiger partial charge < -0.3 is 14.5 Å². The van der Waals surface area contributed by atoms with E-state index >= 15 is 0 Å². The van der Waals surface area contributed by atoms with E-state index in [2.05, 4.69) is 10.1 Å². The van der Waals surface area contributed by atoms with Crippen LogP contribution in [0.5, 0.6) is 0 Å². The highest BCUT2D eigenvalue weighted by molar-refractivity contribution is 7.89. The van der Waals surface area contributed by atoms with Gasteiger partial charge in [-0.3, -0.25) is 0 Å². The summed E-state index contributed by atoms with van der Waals surface area (Å²) in [5.74, 6) is -0.272. The largest absolute Gasteiger partial charge is 0.395 e. The number of likely N-dealkylation sites (N-methyl/N-ethyl adjacent to an activating group) is 1. The van der Waals surface area contributed by atoms with E-state index < -0.39 is 10.0 Å². The molecule has 1 aliphatic heterocycles. The average Bonchev–Trinajstić information content (AvgIpc) is 3.05. The molecular formula is C19H28FN3O4S. The van der Waals surface area contributed by atoms with E-state index in [0.29, 0.717) is 30.8 Å². The summed E-state index contributed by atoms with van der Waals surface area (Å²) in [5, 5.41) is 14.0. The number of aromatic nitrogens is 1. The summed E-state index contributed by atoms with van der Waals surface area (Å²) in [4.78, 5) is 2.25. The molecule has 3 rings (SSSR count). The number of aryl methyl sites for hydroxylation is 1. The molecule has 0 atom stereocenters. The summed E-state index contributed by atoms with van der Waals surface area (Å²) in [5.41, 5.74) is 1.95. The highest BCUT2D eigenvalue weighted by atomic mass is 32.2. The van der Waals surface area contributed by atoms with E-state index in [9.17, 15) is 12.8 Å². The number of hydrogen-bond donors (Lipinski definition) is 1. The number of halogens is 1. The minimum atomic E-state index is -3.40. The number of likely N-dealkylation sites (tertiary alicyclic amines) is 1. The van der Waals surface area contributed by atoms with Crippen molar-refractivity contribution in [2.75, 3.05) is 45.1 Å². The molecule has 1 N–H and O–H groups in total. The van der Waals surface area contributed by atoms with E-state index in [0.717, 1.165) is 37.0 Å². The molecule has 2 aromatic rings. The second-order valence-electron chi connectivity index (χ2n) is 7.31. The van der Waals surface area contributed by atoms with Crippen LogP contribution in [0.4, 0.5) is 4.39 Å². The predicted octanol–water partition coefficient (Wildman–Crippen LogP) is 2.10. The third-order valence-electron chi connectivity index (χ3n) is 5.51. The molecular weight excluding hydrogens is 385 g/mol. The molecule has 156 valence electrons. The summed E-state index contributed by atoms with van der Waals surface area (Å²) < 4.78 is 44.7. The Balaban J connectivity index is 1.58. The minimum Gasteiger partial charge on any atom is -0.395 e. The van der Waals surface area contributed by atoms with Gasteiger partial charge in [-0.2, -0.15) is 0 Å². The van der Waals surface area contributed by atoms with Gasteiger partial charge in [0.1, 0.15) is 5.82 Å². The van der Waals surface area contributed by atoms with E-state index in [1.54, 1.807) is 13.0 Å². The second-order valence-corrected chi connectivity index (χ2v) is 9.40. The lowest BCUT2D eigenvalue weighted by atomic mass is 9.91. The van der Waals surface area contributed by atoms with Crippen LogP contribution in [0.15, 0.2) is 16.7 Å². The normalized spacial score (nSPS) is 17.0. The van der Waals surface area contributed by atoms with Crippen LogP contribution in [0.1, 0.15) is 36.9 Å². The molecule has 0 unspecified atom stereocenters. The van der Waals surface area contributed by atoms with Gasteiger partial charge in [0.25, 0.3) is 0 Å². The Hall–Kier alpha value is -1.55. The predicted molar refractivity (Wildman–Crippen MR) is 105 cm³/mol. The van der Waals surface area contributed by atoms with Gasteiger partial charge >= 0.3 is 0 Å². The van der Waals surface area contributed by atoms with Gasteiger partial charge in [0, 0.05) is 37.0 Å². The number of rotatable bonds is 8. The van der Waals surface area contributed by atoms with E-state index in [1.165, 1.54) is 10.4 Å². The van der Waals surface area contributed by atoms with Crippen molar-refractivity contribution >= 4 is 21.0 Å². The van der Waals surface area contributed by atoms with Crippen molar-refractivity contribution in [3.63, 3.8) is 0 Å². The van der Waals surface area contributed by atoms with Crippen LogP contribution in [0.25, 0.3) is 11.0 Å². The maximum Gasteiger partial charge on any atom is 0.216 e. The summed E-state index contributed by atoms with van der Waals surface area (Å²) in [6, 6.07) is 3.19. The standard InChI is InChI=1S/C19H28FN3O4S/c1-3-23(28(25,26)11-10-24)9-8-22-6-4-15(5-7-22)19-16-12-14(2)17(20)13-18(16)27-21-19/h12-13,15,24H,3-11H2,1-2H3. The molecule has 7 nitrogen and oxygen atoms in total. The topological polar surface area (TPSA) is 86.9 Å². The molecule has 0 spiro atoms. The molecule has 2 heterocycles. The smallest absolute Gasteiger partial charge is 0.216 e. The number of nitrogens with zero attached hydrogens (tertiary/aromatic N) is 3. The molecule has 1 fully saturated rings. The molecule has 1 aliphatic rings. The first kappa shape index (κ1) is 21.2. The quantitative estimate of drug-likeness (QED) is 0.713. The van der Waals surface area contributed by atoms with Crippen molar-refractivity contribution in [2.24, 2.45) is 0 Å². The molecule has 0 radical (unpaired) electrons. The van der Waals surface area contributed by atoms with Gasteiger partial charge in [0.05, 0.1) is 18.1 Å². The summed E-state index contributed by atoms with van der Waals surface area (Å²) >= 11 is 0. The molecule has 28 heavy (non-hydrogen) atoms. The Bertz CT molecular complexity index is 907. The summed E-state index contributed by atoms with van der Waals surface area (Å²) in [6.45, 7) is 6.36. The molecule has 0 amide bonds. The van der Waals surface area contributed by atoms with E-state index in [-0.39, 0.29) is 24.1 Å². The van der Waals surface area contributed by atoms with Crippen LogP contribution in [0, 0.1) is 12.7 Å². The van der Waals surface area contributed by atoms with Crippen molar-refractivity contribution < 1.29 is 22.4 Å². The number of hydrogen-bond acceptors (Lipinski definition) is 6. The first-order chi connectivity index (χ1) is 13.4. The van der Waals surface area contributed by atoms with Crippen molar-refractivity contribution in [1.29, 1.82) is 0 Å². The van der Waals surface area contributed by atoms with Crippen LogP contribution >= 0.6 is 0 Å². The lowest BCUT2D eigenvalue weighted by molar-refractivity contribution is 0.197. The second kappa shape index (κ2) is 8.86. The van der Waals surface area contributed by atoms with Crippen LogP contribution < -0.4 is 0 Å². The zero-order valence-electron chi connectivity index (χ0n) is 16.4. The highest BCUT2D eigenvalue weighted by Gasteiger charge is 2.27. The Morgan fingerprint density at radius 1 is 1.36 bits per heavy atom. The van der Waals surface area contributed by atoms with Gasteiger partial charge in [0.2, 0.25) is 10.0 Å². The summed E-state index contributed by atoms with van der Waals surface area (Å²) in [7, 11) is -3.40. The van der Waals surface area contributed by atoms with Crippen LogP contribution in [-0.2, 0) is 10.0 Å². The first-order valence-corrected chi connectivity index (χ1v) is 11.3. The van der Waals surface area contributed by atoms with Crippen LogP contribution in [-0.4, -0.2) is 73.0 Å². The van der Waals surface area contributed by atoms with Crippen molar-refractivity contribution in [3.8, 4) is 0 Å². The lowest BCUT2D eigenvalue weighted by Gasteiger charge is -2.32. The van der Waals surface area contributed by atoms with Crippen LogP contribution in [0.2, 0.25) is 0 Å². The van der Waals surface area contributed by atoms with Crippen molar-refractivity contribution in [1.82, 2.24) is 14.4 Å². The fourth-order valence-corrected chi connectivity index (χ4v) is 5.04. The minimum absolute atomic E-state index is 0.234. The fraction of sp³-hybridized carbons (Fsp3) is 0.632. The number of sulfonamides is 1. The van der Waals surface area contributed by atoms with Crippen molar-refractivity contribution in [2.45, 2.75) is 32.6 Å². The SMILES string of the molecule is CCN(CCN1CCC(c2noc3cc(F)c(C)cc23)CC1)S(=O)(=O)CCO. The first-order valence-electron chi connectivity index (χ1n) is 9.72. The van der Waals surface area contributed by atoms with Crippen LogP contribution in [0.3, 0.4) is 0 Å². The Morgan fingerprint density at radius 2 is 2.07 bits per heavy atom. The average molecular weight is 414 g/mol. The Labute approximate surface area is 165 Å². The fourth-order valence-electron chi connectivity index (χ4n) is 3.80. The monoisotopic (exact) mass is 413 g/mol. The molecule has 1 aromatic heterocycles. The molecule has 1 saturated heterocycles. The Kier molecular flexibility index (Phi) is 6.69. The number of fused-ring (bicyclic) bond motifs is 1. The third-order valence-corrected chi connectivity index (χ3v) is 7.44. The molecule has 9 heteroatoms. The molecule has 0 bridgehead atoms. The number of aliphatic hydroxyl groups is 1. The number of benzene rings is 1. The van der Waals surface area contributed by atoms with Gasteiger partial charge in [-0.05, 0) is 44.5 Å². The summed E-state index contributed by atoms with van der Waals surface area (Å²) in [6.07, 6.45) is 1.79. The molecule has 0 aliphatic carbocycles. The van der Waals surface area contributed by atoms with Gasteiger partial charge in [-0.1, -0.05) is 12.1 Å². The number of aliphatic hydroxyl groups excluding tert-OH is 1.